The van der Waals surface area contributed by atoms with Crippen molar-refractivity contribution in [2.75, 3.05) is 0 Å². The number of oxime groups is 1. The van der Waals surface area contributed by atoms with Gasteiger partial charge in [0.2, 0.25) is 0 Å². The first-order valence-corrected chi connectivity index (χ1v) is 10.4. The second-order valence-corrected chi connectivity index (χ2v) is 8.08. The maximum Gasteiger partial charge on any atom is 0.102 e. The molecule has 3 atom stereocenters. The van der Waals surface area contributed by atoms with Gasteiger partial charge in [0.05, 0.1) is 17.9 Å². The fraction of sp³-hybridized carbons (Fsp3) is 0.348. The maximum atomic E-state index is 10.6. The average molecular weight is 404 g/mol. The summed E-state index contributed by atoms with van der Waals surface area (Å²) in [6.07, 6.45) is 7.71. The van der Waals surface area contributed by atoms with Crippen LogP contribution >= 0.6 is 0 Å². The van der Waals surface area contributed by atoms with Crippen LogP contribution in [-0.4, -0.2) is 48.1 Å². The van der Waals surface area contributed by atoms with Gasteiger partial charge < -0.3 is 15.4 Å². The summed E-state index contributed by atoms with van der Waals surface area (Å²) in [5.41, 5.74) is 6.62. The van der Waals surface area contributed by atoms with Gasteiger partial charge in [0.25, 0.3) is 0 Å². The van der Waals surface area contributed by atoms with Crippen LogP contribution in [0, 0.1) is 0 Å². The van der Waals surface area contributed by atoms with E-state index in [0.717, 1.165) is 64.9 Å². The molecule has 0 saturated heterocycles. The standard InChI is InChI=1S/C23H24N4O3/c28-21-3-1-2-20(23(21)29)27-13-18(22(25-27)14-8-10-24-11-9-14)16-4-6-17-15(12-16)5-7-19(17)26-30/h4,6,8-13,20-21,23,28-30H,1-3,5,7H2/t20-,21-,23+/m0/s1. The molecular formula is C23H24N4O3. The molecule has 7 nitrogen and oxygen atoms in total. The van der Waals surface area contributed by atoms with E-state index in [1.54, 1.807) is 12.4 Å². The van der Waals surface area contributed by atoms with Crippen molar-refractivity contribution < 1.29 is 15.4 Å². The number of pyridine rings is 1. The zero-order valence-corrected chi connectivity index (χ0v) is 16.5. The molecule has 1 aromatic carbocycles. The fourth-order valence-electron chi connectivity index (χ4n) is 4.66. The SMILES string of the molecule is ON=C1CCc2cc(-c3cn([C@H]4CCC[C@H](O)[C@@H]4O)nc3-c3ccncc3)ccc21. The highest BCUT2D eigenvalue weighted by Gasteiger charge is 2.33. The molecule has 2 aliphatic carbocycles. The first kappa shape index (κ1) is 19.0. The van der Waals surface area contributed by atoms with E-state index in [2.05, 4.69) is 16.2 Å². The highest BCUT2D eigenvalue weighted by Crippen LogP contribution is 2.37. The van der Waals surface area contributed by atoms with Crippen LogP contribution in [-0.2, 0) is 6.42 Å². The van der Waals surface area contributed by atoms with Crippen molar-refractivity contribution in [1.82, 2.24) is 14.8 Å². The molecule has 0 amide bonds. The Morgan fingerprint density at radius 1 is 0.967 bits per heavy atom. The smallest absolute Gasteiger partial charge is 0.102 e. The van der Waals surface area contributed by atoms with Crippen LogP contribution in [0.4, 0.5) is 0 Å². The topological polar surface area (TPSA) is 104 Å². The van der Waals surface area contributed by atoms with E-state index < -0.39 is 12.2 Å². The molecule has 1 fully saturated rings. The highest BCUT2D eigenvalue weighted by molar-refractivity contribution is 6.04. The molecule has 3 aromatic rings. The summed E-state index contributed by atoms with van der Waals surface area (Å²) in [7, 11) is 0. The van der Waals surface area contributed by atoms with E-state index in [0.29, 0.717) is 6.42 Å². The number of hydrogen-bond donors (Lipinski definition) is 3. The van der Waals surface area contributed by atoms with Gasteiger partial charge in [-0.3, -0.25) is 9.67 Å². The maximum absolute atomic E-state index is 10.6. The van der Waals surface area contributed by atoms with Gasteiger partial charge >= 0.3 is 0 Å². The molecule has 1 saturated carbocycles. The number of fused-ring (bicyclic) bond motifs is 1. The van der Waals surface area contributed by atoms with Crippen LogP contribution in [0.1, 0.15) is 42.9 Å². The Balaban J connectivity index is 1.61. The molecule has 3 N–H and O–H groups in total. The van der Waals surface area contributed by atoms with Crippen LogP contribution < -0.4 is 0 Å². The number of aromatic nitrogens is 3. The Morgan fingerprint density at radius 2 is 1.80 bits per heavy atom. The Hall–Kier alpha value is -3.03. The molecule has 0 aliphatic heterocycles. The lowest BCUT2D eigenvalue weighted by Gasteiger charge is -2.31. The molecule has 0 unspecified atom stereocenters. The lowest BCUT2D eigenvalue weighted by atomic mass is 9.90. The van der Waals surface area contributed by atoms with Crippen molar-refractivity contribution >= 4 is 5.71 Å². The largest absolute Gasteiger partial charge is 0.411 e. The third-order valence-electron chi connectivity index (χ3n) is 6.29. The number of aliphatic hydroxyl groups is 2. The highest BCUT2D eigenvalue weighted by atomic mass is 16.4. The van der Waals surface area contributed by atoms with Crippen LogP contribution in [0.15, 0.2) is 54.1 Å². The second kappa shape index (κ2) is 7.66. The third kappa shape index (κ3) is 3.20. The quantitative estimate of drug-likeness (QED) is 0.459. The number of aryl methyl sites for hydroxylation is 1. The summed E-state index contributed by atoms with van der Waals surface area (Å²) in [4.78, 5) is 4.11. The van der Waals surface area contributed by atoms with Gasteiger partial charge in [-0.2, -0.15) is 5.10 Å². The molecule has 2 aliphatic rings. The summed E-state index contributed by atoms with van der Waals surface area (Å²) in [5.74, 6) is 0. The van der Waals surface area contributed by atoms with Crippen LogP contribution in [0.25, 0.3) is 22.4 Å². The van der Waals surface area contributed by atoms with E-state index >= 15 is 0 Å². The van der Waals surface area contributed by atoms with Crippen molar-refractivity contribution in [2.24, 2.45) is 5.16 Å². The van der Waals surface area contributed by atoms with Gasteiger partial charge in [-0.05, 0) is 55.4 Å². The molecule has 154 valence electrons. The number of nitrogens with zero attached hydrogens (tertiary/aromatic N) is 4. The van der Waals surface area contributed by atoms with Crippen LogP contribution in [0.2, 0.25) is 0 Å². The molecule has 0 spiro atoms. The second-order valence-electron chi connectivity index (χ2n) is 8.08. The number of rotatable bonds is 3. The minimum atomic E-state index is -0.833. The summed E-state index contributed by atoms with van der Waals surface area (Å²) < 4.78 is 1.81. The Kier molecular flexibility index (Phi) is 4.84. The summed E-state index contributed by atoms with van der Waals surface area (Å²) in [6.45, 7) is 0. The summed E-state index contributed by atoms with van der Waals surface area (Å²) in [5, 5.41) is 38.2. The van der Waals surface area contributed by atoms with Crippen molar-refractivity contribution in [3.8, 4) is 22.4 Å². The first-order chi connectivity index (χ1) is 14.7. The van der Waals surface area contributed by atoms with Crippen molar-refractivity contribution in [3.05, 3.63) is 60.0 Å². The average Bonchev–Trinajstić information content (AvgIpc) is 3.40. The number of benzene rings is 1. The molecule has 0 bridgehead atoms. The monoisotopic (exact) mass is 404 g/mol. The van der Waals surface area contributed by atoms with Crippen molar-refractivity contribution in [2.45, 2.75) is 50.4 Å². The Labute approximate surface area is 174 Å². The first-order valence-electron chi connectivity index (χ1n) is 10.4. The summed E-state index contributed by atoms with van der Waals surface area (Å²) >= 11 is 0. The van der Waals surface area contributed by atoms with Gasteiger partial charge in [-0.15, -0.1) is 0 Å². The van der Waals surface area contributed by atoms with Crippen LogP contribution in [0.3, 0.4) is 0 Å². The van der Waals surface area contributed by atoms with Gasteiger partial charge in [0.15, 0.2) is 0 Å². The van der Waals surface area contributed by atoms with Gasteiger partial charge in [0, 0.05) is 35.3 Å². The van der Waals surface area contributed by atoms with Crippen molar-refractivity contribution in [3.63, 3.8) is 0 Å². The molecule has 7 heteroatoms. The molecule has 5 rings (SSSR count). The lowest BCUT2D eigenvalue weighted by Crippen LogP contribution is -2.38. The zero-order valence-electron chi connectivity index (χ0n) is 16.5. The molecular weight excluding hydrogens is 380 g/mol. The minimum Gasteiger partial charge on any atom is -0.411 e. The predicted octanol–water partition coefficient (Wildman–Crippen LogP) is 3.18. The normalized spacial score (nSPS) is 24.9. The van der Waals surface area contributed by atoms with Gasteiger partial charge in [-0.1, -0.05) is 23.4 Å². The van der Waals surface area contributed by atoms with Gasteiger partial charge in [0.1, 0.15) is 11.8 Å². The number of hydrogen-bond acceptors (Lipinski definition) is 6. The Bertz CT molecular complexity index is 1090. The molecule has 0 radical (unpaired) electrons. The minimum absolute atomic E-state index is 0.259. The van der Waals surface area contributed by atoms with E-state index in [1.165, 1.54) is 0 Å². The van der Waals surface area contributed by atoms with E-state index in [1.807, 2.05) is 35.1 Å². The fourth-order valence-corrected chi connectivity index (χ4v) is 4.66. The van der Waals surface area contributed by atoms with Crippen molar-refractivity contribution in [1.29, 1.82) is 0 Å². The summed E-state index contributed by atoms with van der Waals surface area (Å²) in [6, 6.07) is 9.74. The zero-order chi connectivity index (χ0) is 20.7. The number of aliphatic hydroxyl groups excluding tert-OH is 2. The molecule has 2 heterocycles. The van der Waals surface area contributed by atoms with E-state index in [-0.39, 0.29) is 6.04 Å². The predicted molar refractivity (Wildman–Crippen MR) is 112 cm³/mol. The molecule has 30 heavy (non-hydrogen) atoms. The Morgan fingerprint density at radius 3 is 2.60 bits per heavy atom. The lowest BCUT2D eigenvalue weighted by molar-refractivity contribution is -0.0425. The van der Waals surface area contributed by atoms with E-state index in [9.17, 15) is 15.4 Å². The van der Waals surface area contributed by atoms with Crippen LogP contribution in [0.5, 0.6) is 0 Å². The van der Waals surface area contributed by atoms with E-state index in [4.69, 9.17) is 5.10 Å². The third-order valence-corrected chi connectivity index (χ3v) is 6.29. The van der Waals surface area contributed by atoms with Gasteiger partial charge in [-0.25, -0.2) is 0 Å². The molecule has 2 aromatic heterocycles.